The lowest BCUT2D eigenvalue weighted by Crippen LogP contribution is -2.43. The van der Waals surface area contributed by atoms with Gasteiger partial charge in [0.2, 0.25) is 5.91 Å². The first-order valence-electron chi connectivity index (χ1n) is 6.60. The summed E-state index contributed by atoms with van der Waals surface area (Å²) in [6.45, 7) is 5.63. The number of hydrogen-bond acceptors (Lipinski definition) is 3. The fourth-order valence-corrected chi connectivity index (χ4v) is 3.23. The number of amides is 1. The number of thiophene rings is 1. The Bertz CT molecular complexity index is 387. The van der Waals surface area contributed by atoms with Gasteiger partial charge in [-0.1, -0.05) is 26.3 Å². The van der Waals surface area contributed by atoms with Gasteiger partial charge in [-0.3, -0.25) is 4.79 Å². The quantitative estimate of drug-likeness (QED) is 0.860. The zero-order valence-electron chi connectivity index (χ0n) is 11.2. The zero-order chi connectivity index (χ0) is 13.0. The van der Waals surface area contributed by atoms with Crippen LogP contribution in [-0.4, -0.2) is 18.5 Å². The summed E-state index contributed by atoms with van der Waals surface area (Å²) in [5, 5.41) is 8.37. The van der Waals surface area contributed by atoms with E-state index in [1.54, 1.807) is 11.3 Å². The molecule has 1 aliphatic rings. The van der Waals surface area contributed by atoms with E-state index in [-0.39, 0.29) is 5.91 Å². The molecule has 0 radical (unpaired) electrons. The van der Waals surface area contributed by atoms with Gasteiger partial charge in [0.25, 0.3) is 0 Å². The lowest BCUT2D eigenvalue weighted by molar-refractivity contribution is -0.120. The molecule has 1 fully saturated rings. The smallest absolute Gasteiger partial charge is 0.234 e. The molecule has 0 aliphatic heterocycles. The van der Waals surface area contributed by atoms with Crippen molar-refractivity contribution in [2.75, 3.05) is 6.54 Å². The molecule has 1 saturated carbocycles. The van der Waals surface area contributed by atoms with Gasteiger partial charge in [-0.15, -0.1) is 11.3 Å². The molecule has 4 heteroatoms. The second kappa shape index (κ2) is 5.85. The summed E-state index contributed by atoms with van der Waals surface area (Å²) < 4.78 is 0. The molecule has 2 N–H and O–H groups in total. The molecule has 1 aromatic rings. The molecule has 1 atom stereocenters. The fourth-order valence-electron chi connectivity index (χ4n) is 2.58. The van der Waals surface area contributed by atoms with Gasteiger partial charge in [-0.05, 0) is 29.7 Å². The molecule has 1 aromatic heterocycles. The standard InChI is InChI=1S/C14H22N2OS/c1-14(2)7-3-6-12(14)15-10-13(17)16-9-11-5-4-8-18-11/h4-5,8,12,15H,3,6-7,9-10H2,1-2H3,(H,16,17). The minimum atomic E-state index is 0.0890. The maximum absolute atomic E-state index is 11.7. The van der Waals surface area contributed by atoms with E-state index in [0.29, 0.717) is 24.5 Å². The summed E-state index contributed by atoms with van der Waals surface area (Å²) >= 11 is 1.67. The fraction of sp³-hybridized carbons (Fsp3) is 0.643. The summed E-state index contributed by atoms with van der Waals surface area (Å²) in [6, 6.07) is 4.52. The largest absolute Gasteiger partial charge is 0.350 e. The van der Waals surface area contributed by atoms with Crippen molar-refractivity contribution in [2.45, 2.75) is 45.7 Å². The molecule has 0 aromatic carbocycles. The third-order valence-electron chi connectivity index (χ3n) is 3.81. The molecule has 2 rings (SSSR count). The van der Waals surface area contributed by atoms with Crippen LogP contribution in [0.2, 0.25) is 0 Å². The molecule has 1 amide bonds. The van der Waals surface area contributed by atoms with E-state index in [2.05, 4.69) is 24.5 Å². The highest BCUT2D eigenvalue weighted by molar-refractivity contribution is 7.09. The average molecular weight is 266 g/mol. The number of hydrogen-bond donors (Lipinski definition) is 2. The normalized spacial score (nSPS) is 22.0. The van der Waals surface area contributed by atoms with Gasteiger partial charge in [0.05, 0.1) is 13.1 Å². The van der Waals surface area contributed by atoms with Gasteiger partial charge >= 0.3 is 0 Å². The number of carbonyl (C=O) groups excluding carboxylic acids is 1. The van der Waals surface area contributed by atoms with Crippen molar-refractivity contribution < 1.29 is 4.79 Å². The third-order valence-corrected chi connectivity index (χ3v) is 4.68. The van der Waals surface area contributed by atoms with E-state index in [4.69, 9.17) is 0 Å². The van der Waals surface area contributed by atoms with Gasteiger partial charge in [0, 0.05) is 10.9 Å². The van der Waals surface area contributed by atoms with E-state index in [1.165, 1.54) is 24.1 Å². The van der Waals surface area contributed by atoms with Crippen LogP contribution >= 0.6 is 11.3 Å². The molecule has 0 bridgehead atoms. The summed E-state index contributed by atoms with van der Waals surface area (Å²) in [5.74, 6) is 0.0890. The van der Waals surface area contributed by atoms with Crippen LogP contribution in [0, 0.1) is 5.41 Å². The van der Waals surface area contributed by atoms with Crippen molar-refractivity contribution in [2.24, 2.45) is 5.41 Å². The van der Waals surface area contributed by atoms with Crippen molar-refractivity contribution >= 4 is 17.2 Å². The predicted molar refractivity (Wildman–Crippen MR) is 75.6 cm³/mol. The molecule has 1 heterocycles. The molecule has 1 unspecified atom stereocenters. The summed E-state index contributed by atoms with van der Waals surface area (Å²) in [7, 11) is 0. The van der Waals surface area contributed by atoms with Crippen LogP contribution in [0.25, 0.3) is 0 Å². The Morgan fingerprint density at radius 1 is 1.56 bits per heavy atom. The molecule has 0 saturated heterocycles. The Morgan fingerprint density at radius 3 is 3.00 bits per heavy atom. The van der Waals surface area contributed by atoms with Crippen LogP contribution in [0.5, 0.6) is 0 Å². The van der Waals surface area contributed by atoms with Gasteiger partial charge in [0.1, 0.15) is 0 Å². The van der Waals surface area contributed by atoms with Crippen molar-refractivity contribution in [3.8, 4) is 0 Å². The minimum Gasteiger partial charge on any atom is -0.350 e. The van der Waals surface area contributed by atoms with Gasteiger partial charge < -0.3 is 10.6 Å². The second-order valence-electron chi connectivity index (χ2n) is 5.67. The number of rotatable bonds is 5. The average Bonchev–Trinajstić information content (AvgIpc) is 2.93. The third kappa shape index (κ3) is 3.56. The first-order chi connectivity index (χ1) is 8.58. The Hall–Kier alpha value is -0.870. The van der Waals surface area contributed by atoms with Crippen molar-refractivity contribution in [1.29, 1.82) is 0 Å². The Balaban J connectivity index is 1.69. The molecule has 100 valence electrons. The first-order valence-corrected chi connectivity index (χ1v) is 7.48. The highest BCUT2D eigenvalue weighted by atomic mass is 32.1. The number of carbonyl (C=O) groups is 1. The first kappa shape index (κ1) is 13.6. The lowest BCUT2D eigenvalue weighted by Gasteiger charge is -2.27. The lowest BCUT2D eigenvalue weighted by atomic mass is 9.87. The van der Waals surface area contributed by atoms with Crippen molar-refractivity contribution in [3.05, 3.63) is 22.4 Å². The van der Waals surface area contributed by atoms with Crippen LogP contribution in [-0.2, 0) is 11.3 Å². The molecule has 1 aliphatic carbocycles. The van der Waals surface area contributed by atoms with Gasteiger partial charge in [-0.25, -0.2) is 0 Å². The van der Waals surface area contributed by atoms with Gasteiger partial charge in [-0.2, -0.15) is 0 Å². The summed E-state index contributed by atoms with van der Waals surface area (Å²) in [5.41, 5.74) is 0.327. The monoisotopic (exact) mass is 266 g/mol. The van der Waals surface area contributed by atoms with Crippen molar-refractivity contribution in [1.82, 2.24) is 10.6 Å². The van der Waals surface area contributed by atoms with Crippen LogP contribution in [0.15, 0.2) is 17.5 Å². The van der Waals surface area contributed by atoms with Crippen LogP contribution < -0.4 is 10.6 Å². The van der Waals surface area contributed by atoms with Crippen LogP contribution in [0.1, 0.15) is 38.0 Å². The molecule has 0 spiro atoms. The van der Waals surface area contributed by atoms with E-state index >= 15 is 0 Å². The van der Waals surface area contributed by atoms with E-state index in [0.717, 1.165) is 0 Å². The molecule has 18 heavy (non-hydrogen) atoms. The SMILES string of the molecule is CC1(C)CCCC1NCC(=O)NCc1cccs1. The van der Waals surface area contributed by atoms with Crippen molar-refractivity contribution in [3.63, 3.8) is 0 Å². The Kier molecular flexibility index (Phi) is 4.40. The van der Waals surface area contributed by atoms with E-state index in [1.807, 2.05) is 17.5 Å². The molecule has 3 nitrogen and oxygen atoms in total. The highest BCUT2D eigenvalue weighted by Crippen LogP contribution is 2.36. The van der Waals surface area contributed by atoms with Crippen LogP contribution in [0.4, 0.5) is 0 Å². The summed E-state index contributed by atoms with van der Waals surface area (Å²) in [4.78, 5) is 12.9. The topological polar surface area (TPSA) is 41.1 Å². The molecular formula is C14H22N2OS. The number of nitrogens with one attached hydrogen (secondary N) is 2. The highest BCUT2D eigenvalue weighted by Gasteiger charge is 2.34. The Labute approximate surface area is 113 Å². The Morgan fingerprint density at radius 2 is 2.39 bits per heavy atom. The van der Waals surface area contributed by atoms with E-state index < -0.39 is 0 Å². The predicted octanol–water partition coefficient (Wildman–Crippen LogP) is 2.53. The van der Waals surface area contributed by atoms with E-state index in [9.17, 15) is 4.79 Å². The maximum Gasteiger partial charge on any atom is 0.234 e. The second-order valence-corrected chi connectivity index (χ2v) is 6.70. The maximum atomic E-state index is 11.7. The minimum absolute atomic E-state index is 0.0890. The van der Waals surface area contributed by atoms with Crippen LogP contribution in [0.3, 0.4) is 0 Å². The summed E-state index contributed by atoms with van der Waals surface area (Å²) in [6.07, 6.45) is 3.70. The van der Waals surface area contributed by atoms with Gasteiger partial charge in [0.15, 0.2) is 0 Å². The molecular weight excluding hydrogens is 244 g/mol. The zero-order valence-corrected chi connectivity index (χ0v) is 12.0.